The predicted molar refractivity (Wildman–Crippen MR) is 75.8 cm³/mol. The Labute approximate surface area is 115 Å². The van der Waals surface area contributed by atoms with E-state index in [9.17, 15) is 0 Å². The molecule has 0 amide bonds. The number of allylic oxidation sites excluding steroid dienone is 1. The van der Waals surface area contributed by atoms with Gasteiger partial charge in [-0.3, -0.25) is 4.98 Å². The maximum atomic E-state index is 5.58. The van der Waals surface area contributed by atoms with E-state index < -0.39 is 0 Å². The largest absolute Gasteiger partial charge is 0.371 e. The van der Waals surface area contributed by atoms with E-state index in [0.717, 1.165) is 18.5 Å². The molecule has 3 heteroatoms. The summed E-state index contributed by atoms with van der Waals surface area (Å²) in [4.78, 5) is 4.22. The first-order valence-electron chi connectivity index (χ1n) is 6.89. The van der Waals surface area contributed by atoms with Gasteiger partial charge in [-0.15, -0.1) is 0 Å². The second-order valence-corrected chi connectivity index (χ2v) is 5.64. The lowest BCUT2D eigenvalue weighted by Gasteiger charge is -2.03. The number of hydrogen-bond acceptors (Lipinski definition) is 3. The third-order valence-electron chi connectivity index (χ3n) is 3.49. The molecule has 0 spiro atoms. The first kappa shape index (κ1) is 14.2. The average Bonchev–Trinajstić information content (AvgIpc) is 3.01. The third kappa shape index (κ3) is 4.77. The molecule has 1 unspecified atom stereocenters. The van der Waals surface area contributed by atoms with Crippen molar-refractivity contribution in [1.82, 2.24) is 4.98 Å². The molecule has 1 aromatic rings. The van der Waals surface area contributed by atoms with Crippen LogP contribution in [0.4, 0.5) is 0 Å². The smallest absolute Gasteiger partial charge is 0.0892 e. The summed E-state index contributed by atoms with van der Waals surface area (Å²) in [5.41, 5.74) is 2.45. The Balaban J connectivity index is 1.60. The van der Waals surface area contributed by atoms with Gasteiger partial charge in [0.05, 0.1) is 30.6 Å². The number of pyridine rings is 1. The maximum absolute atomic E-state index is 5.58. The Bertz CT molecular complexity index is 426. The molecule has 1 aromatic heterocycles. The van der Waals surface area contributed by atoms with Crippen molar-refractivity contribution in [1.29, 1.82) is 0 Å². The van der Waals surface area contributed by atoms with Crippen LogP contribution in [0.3, 0.4) is 0 Å². The number of rotatable bonds is 7. The Kier molecular flexibility index (Phi) is 4.72. The fourth-order valence-corrected chi connectivity index (χ4v) is 2.05. The van der Waals surface area contributed by atoms with Gasteiger partial charge in [-0.1, -0.05) is 17.7 Å². The highest BCUT2D eigenvalue weighted by Crippen LogP contribution is 2.38. The van der Waals surface area contributed by atoms with Gasteiger partial charge in [-0.2, -0.15) is 0 Å². The number of nitrogens with zero attached hydrogens (tertiary/aromatic N) is 1. The molecule has 1 aliphatic heterocycles. The summed E-state index contributed by atoms with van der Waals surface area (Å²) in [5.74, 6) is 0. The number of ether oxygens (including phenoxy) is 2. The molecule has 2 rings (SSSR count). The van der Waals surface area contributed by atoms with Crippen molar-refractivity contribution < 1.29 is 9.47 Å². The summed E-state index contributed by atoms with van der Waals surface area (Å²) in [6, 6.07) is 5.86. The van der Waals surface area contributed by atoms with Gasteiger partial charge in [-0.05, 0) is 45.7 Å². The number of aromatic nitrogens is 1. The molecular weight excluding hydrogens is 238 g/mol. The van der Waals surface area contributed by atoms with E-state index >= 15 is 0 Å². The maximum Gasteiger partial charge on any atom is 0.0892 e. The molecular formula is C16H23NO2. The van der Waals surface area contributed by atoms with Gasteiger partial charge in [-0.25, -0.2) is 0 Å². The normalized spacial score (nSPS) is 21.4. The van der Waals surface area contributed by atoms with Gasteiger partial charge in [0.2, 0.25) is 0 Å². The van der Waals surface area contributed by atoms with Crippen LogP contribution in [0.5, 0.6) is 0 Å². The third-order valence-corrected chi connectivity index (χ3v) is 3.49. The van der Waals surface area contributed by atoms with E-state index in [1.165, 1.54) is 5.57 Å². The van der Waals surface area contributed by atoms with Crippen LogP contribution in [0, 0.1) is 0 Å². The molecule has 1 aliphatic rings. The van der Waals surface area contributed by atoms with E-state index in [1.807, 2.05) is 18.2 Å². The Morgan fingerprint density at radius 2 is 2.26 bits per heavy atom. The minimum absolute atomic E-state index is 0.107. The predicted octanol–water partition coefficient (Wildman–Crippen LogP) is 3.50. The van der Waals surface area contributed by atoms with Crippen LogP contribution in [0.15, 0.2) is 36.0 Å². The summed E-state index contributed by atoms with van der Waals surface area (Å²) >= 11 is 0. The highest BCUT2D eigenvalue weighted by atomic mass is 16.6. The van der Waals surface area contributed by atoms with Crippen LogP contribution in [0.25, 0.3) is 0 Å². The van der Waals surface area contributed by atoms with E-state index in [0.29, 0.717) is 19.3 Å². The van der Waals surface area contributed by atoms with Crippen LogP contribution in [0.2, 0.25) is 0 Å². The molecule has 0 bridgehead atoms. The lowest BCUT2D eigenvalue weighted by atomic mass is 10.0. The van der Waals surface area contributed by atoms with Gasteiger partial charge in [0.25, 0.3) is 0 Å². The molecule has 1 atom stereocenters. The van der Waals surface area contributed by atoms with Crippen molar-refractivity contribution in [3.05, 3.63) is 41.7 Å². The van der Waals surface area contributed by atoms with Gasteiger partial charge in [0.15, 0.2) is 0 Å². The summed E-state index contributed by atoms with van der Waals surface area (Å²) in [6.07, 6.45) is 6.57. The minimum Gasteiger partial charge on any atom is -0.371 e. The quantitative estimate of drug-likeness (QED) is 0.428. The van der Waals surface area contributed by atoms with E-state index in [-0.39, 0.29) is 5.60 Å². The minimum atomic E-state index is 0.107. The molecule has 0 radical (unpaired) electrons. The second-order valence-electron chi connectivity index (χ2n) is 5.64. The monoisotopic (exact) mass is 261 g/mol. The lowest BCUT2D eigenvalue weighted by Crippen LogP contribution is -2.02. The molecule has 3 nitrogen and oxygen atoms in total. The molecule has 104 valence electrons. The fraction of sp³-hybridized carbons (Fsp3) is 0.562. The SMILES string of the molecule is CC(=CCOCc1ccccn1)CCC1OC1(C)C. The van der Waals surface area contributed by atoms with Gasteiger partial charge in [0, 0.05) is 6.20 Å². The topological polar surface area (TPSA) is 34.6 Å². The highest BCUT2D eigenvalue weighted by Gasteiger charge is 2.46. The van der Waals surface area contributed by atoms with Crippen LogP contribution < -0.4 is 0 Å². The van der Waals surface area contributed by atoms with Crippen molar-refractivity contribution >= 4 is 0 Å². The Morgan fingerprint density at radius 1 is 1.47 bits per heavy atom. The van der Waals surface area contributed by atoms with Crippen LogP contribution >= 0.6 is 0 Å². The summed E-state index contributed by atoms with van der Waals surface area (Å²) < 4.78 is 11.2. The molecule has 0 saturated carbocycles. The van der Waals surface area contributed by atoms with Gasteiger partial charge in [0.1, 0.15) is 0 Å². The zero-order valence-corrected chi connectivity index (χ0v) is 12.1. The molecule has 0 N–H and O–H groups in total. The summed E-state index contributed by atoms with van der Waals surface area (Å²) in [7, 11) is 0. The second kappa shape index (κ2) is 6.31. The molecule has 1 fully saturated rings. The van der Waals surface area contributed by atoms with Crippen molar-refractivity contribution in [2.75, 3.05) is 6.61 Å². The molecule has 0 aromatic carbocycles. The highest BCUT2D eigenvalue weighted by molar-refractivity contribution is 5.04. The van der Waals surface area contributed by atoms with E-state index in [2.05, 4.69) is 31.8 Å². The average molecular weight is 261 g/mol. The first-order valence-corrected chi connectivity index (χ1v) is 6.89. The molecule has 1 saturated heterocycles. The molecule has 0 aliphatic carbocycles. The zero-order valence-electron chi connectivity index (χ0n) is 12.1. The van der Waals surface area contributed by atoms with Crippen molar-refractivity contribution in [2.45, 2.75) is 51.9 Å². The van der Waals surface area contributed by atoms with Crippen LogP contribution in [-0.2, 0) is 16.1 Å². The fourth-order valence-electron chi connectivity index (χ4n) is 2.05. The van der Waals surface area contributed by atoms with E-state index in [1.54, 1.807) is 6.20 Å². The van der Waals surface area contributed by atoms with Crippen molar-refractivity contribution in [3.63, 3.8) is 0 Å². The molecule has 2 heterocycles. The number of epoxide rings is 1. The standard InChI is InChI=1S/C16H23NO2/c1-13(7-8-15-16(2,3)19-15)9-11-18-12-14-6-4-5-10-17-14/h4-6,9-10,15H,7-8,11-12H2,1-3H3. The van der Waals surface area contributed by atoms with Gasteiger partial charge < -0.3 is 9.47 Å². The Morgan fingerprint density at radius 3 is 2.89 bits per heavy atom. The van der Waals surface area contributed by atoms with Crippen LogP contribution in [0.1, 0.15) is 39.3 Å². The van der Waals surface area contributed by atoms with E-state index in [4.69, 9.17) is 9.47 Å². The Hall–Kier alpha value is -1.19. The van der Waals surface area contributed by atoms with Crippen molar-refractivity contribution in [3.8, 4) is 0 Å². The summed E-state index contributed by atoms with van der Waals surface area (Å²) in [6.45, 7) is 7.67. The van der Waals surface area contributed by atoms with Gasteiger partial charge >= 0.3 is 0 Å². The first-order chi connectivity index (χ1) is 9.08. The number of hydrogen-bond donors (Lipinski definition) is 0. The molecule has 19 heavy (non-hydrogen) atoms. The van der Waals surface area contributed by atoms with Crippen molar-refractivity contribution in [2.24, 2.45) is 0 Å². The zero-order chi connectivity index (χ0) is 13.7. The summed E-state index contributed by atoms with van der Waals surface area (Å²) in [5, 5.41) is 0. The lowest BCUT2D eigenvalue weighted by molar-refractivity contribution is 0.145. The van der Waals surface area contributed by atoms with Crippen LogP contribution in [-0.4, -0.2) is 23.3 Å².